The van der Waals surface area contributed by atoms with Crippen LogP contribution >= 0.6 is 0 Å². The smallest absolute Gasteiger partial charge is 0.348 e. The van der Waals surface area contributed by atoms with Gasteiger partial charge in [-0.2, -0.15) is 0 Å². The highest BCUT2D eigenvalue weighted by Crippen LogP contribution is 2.13. The molecule has 0 bridgehead atoms. The first-order valence-corrected chi connectivity index (χ1v) is 4.29. The number of ether oxygens (including phenoxy) is 1. The van der Waals surface area contributed by atoms with Crippen molar-refractivity contribution in [2.24, 2.45) is 0 Å². The summed E-state index contributed by atoms with van der Waals surface area (Å²) in [5, 5.41) is 9.07. The minimum atomic E-state index is -1.43. The van der Waals surface area contributed by atoms with E-state index in [0.29, 0.717) is 0 Å². The number of nitrogens with zero attached hydrogens (tertiary/aromatic N) is 2. The first-order valence-electron chi connectivity index (χ1n) is 4.29. The molecule has 0 radical (unpaired) electrons. The van der Waals surface area contributed by atoms with Crippen LogP contribution in [0.25, 0.3) is 0 Å². The largest absolute Gasteiger partial charge is 0.479 e. The summed E-state index contributed by atoms with van der Waals surface area (Å²) in [5.74, 6) is -1.14. The van der Waals surface area contributed by atoms with E-state index in [-0.39, 0.29) is 6.61 Å². The molecule has 6 heteroatoms. The summed E-state index contributed by atoms with van der Waals surface area (Å²) < 4.78 is 5.85. The van der Waals surface area contributed by atoms with Crippen molar-refractivity contribution in [2.45, 2.75) is 12.5 Å². The van der Waals surface area contributed by atoms with E-state index >= 15 is 0 Å². The summed E-state index contributed by atoms with van der Waals surface area (Å²) >= 11 is 0. The number of hydrogen-bond acceptors (Lipinski definition) is 4. The lowest BCUT2D eigenvalue weighted by molar-refractivity contribution is -0.149. The van der Waals surface area contributed by atoms with Crippen LogP contribution in [0.1, 0.15) is 6.92 Å². The second-order valence-corrected chi connectivity index (χ2v) is 3.28. The van der Waals surface area contributed by atoms with Crippen LogP contribution in [0.2, 0.25) is 0 Å². The highest BCUT2D eigenvalue weighted by Gasteiger charge is 2.36. The molecule has 1 atom stereocenters. The van der Waals surface area contributed by atoms with E-state index in [1.807, 2.05) is 0 Å². The lowest BCUT2D eigenvalue weighted by atomic mass is 10.0. The Hall–Kier alpha value is -1.69. The van der Waals surface area contributed by atoms with Gasteiger partial charge in [-0.25, -0.2) is 14.6 Å². The fraction of sp³-hybridized carbons (Fsp3) is 0.444. The molecule has 0 saturated carbocycles. The van der Waals surface area contributed by atoms with Crippen LogP contribution in [0.3, 0.4) is 0 Å². The van der Waals surface area contributed by atoms with Crippen molar-refractivity contribution in [1.82, 2.24) is 9.55 Å². The van der Waals surface area contributed by atoms with Crippen LogP contribution in [0.4, 0.5) is 0 Å². The summed E-state index contributed by atoms with van der Waals surface area (Å²) in [7, 11) is 1.38. The maximum absolute atomic E-state index is 11.4. The van der Waals surface area contributed by atoms with Gasteiger partial charge in [-0.05, 0) is 13.0 Å². The van der Waals surface area contributed by atoms with Crippen LogP contribution in [-0.2, 0) is 15.1 Å². The molecule has 1 unspecified atom stereocenters. The van der Waals surface area contributed by atoms with Crippen LogP contribution in [0.5, 0.6) is 0 Å². The van der Waals surface area contributed by atoms with E-state index in [0.717, 1.165) is 4.57 Å². The Kier molecular flexibility index (Phi) is 3.21. The molecule has 1 rings (SSSR count). The zero-order chi connectivity index (χ0) is 11.5. The predicted octanol–water partition coefficient (Wildman–Crippen LogP) is -0.311. The van der Waals surface area contributed by atoms with Gasteiger partial charge in [0.15, 0.2) is 5.54 Å². The Morgan fingerprint density at radius 3 is 2.87 bits per heavy atom. The zero-order valence-electron chi connectivity index (χ0n) is 8.51. The van der Waals surface area contributed by atoms with Gasteiger partial charge in [0.05, 0.1) is 6.61 Å². The number of carbonyl (C=O) groups is 1. The molecule has 0 aliphatic carbocycles. The highest BCUT2D eigenvalue weighted by molar-refractivity contribution is 5.76. The molecular formula is C9H12N2O4. The van der Waals surface area contributed by atoms with Gasteiger partial charge < -0.3 is 9.84 Å². The molecule has 0 spiro atoms. The molecule has 0 aliphatic rings. The summed E-state index contributed by atoms with van der Waals surface area (Å²) in [5.41, 5.74) is -2.04. The van der Waals surface area contributed by atoms with Crippen LogP contribution in [0, 0.1) is 0 Å². The van der Waals surface area contributed by atoms with Gasteiger partial charge in [0.25, 0.3) is 0 Å². The summed E-state index contributed by atoms with van der Waals surface area (Å²) in [6.45, 7) is 1.30. The molecule has 1 aromatic heterocycles. The van der Waals surface area contributed by atoms with Crippen molar-refractivity contribution in [3.8, 4) is 0 Å². The predicted molar refractivity (Wildman–Crippen MR) is 51.7 cm³/mol. The number of aromatic nitrogens is 2. The Morgan fingerprint density at radius 2 is 2.40 bits per heavy atom. The van der Waals surface area contributed by atoms with Crippen molar-refractivity contribution < 1.29 is 14.6 Å². The van der Waals surface area contributed by atoms with Gasteiger partial charge in [0, 0.05) is 19.5 Å². The van der Waals surface area contributed by atoms with Crippen molar-refractivity contribution in [3.63, 3.8) is 0 Å². The lowest BCUT2D eigenvalue weighted by Crippen LogP contribution is -2.48. The molecule has 0 saturated heterocycles. The highest BCUT2D eigenvalue weighted by atomic mass is 16.5. The van der Waals surface area contributed by atoms with E-state index in [2.05, 4.69) is 4.98 Å². The molecule has 0 aromatic carbocycles. The Bertz CT molecular complexity index is 415. The molecule has 0 aliphatic heterocycles. The van der Waals surface area contributed by atoms with Crippen LogP contribution < -0.4 is 5.69 Å². The average Bonchev–Trinajstić information content (AvgIpc) is 2.18. The minimum absolute atomic E-state index is 0.103. The molecule has 1 heterocycles. The number of carboxylic acid groups (broad SMARTS) is 1. The minimum Gasteiger partial charge on any atom is -0.479 e. The summed E-state index contributed by atoms with van der Waals surface area (Å²) in [6, 6.07) is 1.50. The second kappa shape index (κ2) is 4.22. The number of aliphatic carboxylic acids is 1. The van der Waals surface area contributed by atoms with Crippen LogP contribution in [-0.4, -0.2) is 34.3 Å². The van der Waals surface area contributed by atoms with Crippen molar-refractivity contribution in [2.75, 3.05) is 13.7 Å². The molecule has 0 fully saturated rings. The zero-order valence-corrected chi connectivity index (χ0v) is 8.51. The molecule has 1 N–H and O–H groups in total. The van der Waals surface area contributed by atoms with E-state index in [9.17, 15) is 9.59 Å². The first-order chi connectivity index (χ1) is 7.02. The summed E-state index contributed by atoms with van der Waals surface area (Å²) in [4.78, 5) is 26.0. The quantitative estimate of drug-likeness (QED) is 0.740. The fourth-order valence-electron chi connectivity index (χ4n) is 1.25. The third-order valence-electron chi connectivity index (χ3n) is 2.13. The van der Waals surface area contributed by atoms with Gasteiger partial charge in [0.2, 0.25) is 0 Å². The van der Waals surface area contributed by atoms with Crippen molar-refractivity contribution in [3.05, 3.63) is 28.9 Å². The van der Waals surface area contributed by atoms with Gasteiger partial charge in [-0.1, -0.05) is 0 Å². The lowest BCUT2D eigenvalue weighted by Gasteiger charge is -2.25. The van der Waals surface area contributed by atoms with Gasteiger partial charge in [-0.3, -0.25) is 4.57 Å². The van der Waals surface area contributed by atoms with E-state index in [1.165, 1.54) is 32.5 Å². The average molecular weight is 212 g/mol. The van der Waals surface area contributed by atoms with E-state index in [4.69, 9.17) is 9.84 Å². The Balaban J connectivity index is 3.28. The Labute approximate surface area is 86.1 Å². The molecular weight excluding hydrogens is 200 g/mol. The van der Waals surface area contributed by atoms with Gasteiger partial charge in [-0.15, -0.1) is 0 Å². The number of methoxy groups -OCH3 is 1. The summed E-state index contributed by atoms with van der Waals surface area (Å²) in [6.07, 6.45) is 2.69. The fourth-order valence-corrected chi connectivity index (χ4v) is 1.25. The van der Waals surface area contributed by atoms with Crippen molar-refractivity contribution >= 4 is 5.97 Å². The molecule has 6 nitrogen and oxygen atoms in total. The van der Waals surface area contributed by atoms with Crippen molar-refractivity contribution in [1.29, 1.82) is 0 Å². The van der Waals surface area contributed by atoms with E-state index in [1.54, 1.807) is 0 Å². The topological polar surface area (TPSA) is 81.4 Å². The third-order valence-corrected chi connectivity index (χ3v) is 2.13. The SMILES string of the molecule is COCC(C)(C(=O)O)n1cccnc1=O. The van der Waals surface area contributed by atoms with Gasteiger partial charge >= 0.3 is 11.7 Å². The second-order valence-electron chi connectivity index (χ2n) is 3.28. The maximum Gasteiger partial charge on any atom is 0.348 e. The third kappa shape index (κ3) is 2.04. The standard InChI is InChI=1S/C9H12N2O4/c1-9(6-15-2,7(12)13)11-5-3-4-10-8(11)14/h3-5H,6H2,1-2H3,(H,12,13). The Morgan fingerprint density at radius 1 is 1.73 bits per heavy atom. The normalized spacial score (nSPS) is 14.5. The monoisotopic (exact) mass is 212 g/mol. The molecule has 1 aromatic rings. The number of rotatable bonds is 4. The van der Waals surface area contributed by atoms with Gasteiger partial charge in [0.1, 0.15) is 0 Å². The molecule has 0 amide bonds. The number of hydrogen-bond donors (Lipinski definition) is 1. The molecule has 82 valence electrons. The van der Waals surface area contributed by atoms with Crippen LogP contribution in [0.15, 0.2) is 23.3 Å². The number of carboxylic acids is 1. The molecule has 15 heavy (non-hydrogen) atoms. The first kappa shape index (κ1) is 11.4. The van der Waals surface area contributed by atoms with E-state index < -0.39 is 17.2 Å². The maximum atomic E-state index is 11.4.